The van der Waals surface area contributed by atoms with Gasteiger partial charge >= 0.3 is 5.97 Å². The van der Waals surface area contributed by atoms with Gasteiger partial charge in [-0.25, -0.2) is 9.78 Å². The summed E-state index contributed by atoms with van der Waals surface area (Å²) in [7, 11) is 0. The molecule has 8 nitrogen and oxygen atoms in total. The van der Waals surface area contributed by atoms with Crippen molar-refractivity contribution in [3.8, 4) is 22.6 Å². The van der Waals surface area contributed by atoms with Crippen LogP contribution in [-0.2, 0) is 4.74 Å². The average Bonchev–Trinajstić information content (AvgIpc) is 3.21. The molecular weight excluding hydrogens is 380 g/mol. The molecule has 30 heavy (non-hydrogen) atoms. The number of pyridine rings is 3. The number of H-pyrrole nitrogens is 1. The summed E-state index contributed by atoms with van der Waals surface area (Å²) >= 11 is 0. The standard InChI is InChI=1S/C22H20N6O2/c1-13-3-2-4-19(26-13)21-16(11-25-28-21)17-5-6-18-20(27-17)7-15(10-24-18)22(29)30-12-14-8-23-9-14/h2-7,10-11,14,23H,8-9,12H2,1H3,(H,25,28). The molecule has 1 saturated heterocycles. The van der Waals surface area contributed by atoms with Crippen molar-refractivity contribution < 1.29 is 9.53 Å². The number of hydrogen-bond acceptors (Lipinski definition) is 7. The van der Waals surface area contributed by atoms with Gasteiger partial charge in [0.05, 0.1) is 46.5 Å². The summed E-state index contributed by atoms with van der Waals surface area (Å²) in [6.45, 7) is 4.13. The number of carbonyl (C=O) groups is 1. The number of aromatic nitrogens is 5. The lowest BCUT2D eigenvalue weighted by Crippen LogP contribution is -2.44. The van der Waals surface area contributed by atoms with Gasteiger partial charge < -0.3 is 10.1 Å². The second-order valence-electron chi connectivity index (χ2n) is 7.40. The van der Waals surface area contributed by atoms with E-state index in [9.17, 15) is 4.79 Å². The van der Waals surface area contributed by atoms with E-state index in [4.69, 9.17) is 9.72 Å². The summed E-state index contributed by atoms with van der Waals surface area (Å²) in [5, 5.41) is 10.4. The van der Waals surface area contributed by atoms with Gasteiger partial charge in [-0.3, -0.25) is 15.1 Å². The average molecular weight is 400 g/mol. The van der Waals surface area contributed by atoms with Gasteiger partial charge in [0.15, 0.2) is 0 Å². The number of esters is 1. The summed E-state index contributed by atoms with van der Waals surface area (Å²) in [5.74, 6) is 0.0123. The maximum absolute atomic E-state index is 12.4. The van der Waals surface area contributed by atoms with E-state index in [-0.39, 0.29) is 5.97 Å². The van der Waals surface area contributed by atoms with Crippen LogP contribution in [0, 0.1) is 12.8 Å². The zero-order valence-corrected chi connectivity index (χ0v) is 16.4. The van der Waals surface area contributed by atoms with E-state index in [1.54, 1.807) is 12.3 Å². The van der Waals surface area contributed by atoms with Gasteiger partial charge in [0.25, 0.3) is 0 Å². The molecule has 2 N–H and O–H groups in total. The Balaban J connectivity index is 1.46. The van der Waals surface area contributed by atoms with Crippen molar-refractivity contribution in [3.63, 3.8) is 0 Å². The highest BCUT2D eigenvalue weighted by Crippen LogP contribution is 2.29. The second-order valence-corrected chi connectivity index (χ2v) is 7.40. The van der Waals surface area contributed by atoms with Crippen molar-refractivity contribution in [3.05, 3.63) is 60.0 Å². The van der Waals surface area contributed by atoms with E-state index in [0.717, 1.165) is 41.4 Å². The molecule has 8 heteroatoms. The first-order valence-electron chi connectivity index (χ1n) is 9.80. The predicted molar refractivity (Wildman–Crippen MR) is 112 cm³/mol. The monoisotopic (exact) mass is 400 g/mol. The Hall–Kier alpha value is -3.65. The second kappa shape index (κ2) is 7.64. The van der Waals surface area contributed by atoms with Crippen molar-refractivity contribution >= 4 is 17.0 Å². The first kappa shape index (κ1) is 18.4. The fourth-order valence-electron chi connectivity index (χ4n) is 3.37. The maximum Gasteiger partial charge on any atom is 0.339 e. The van der Waals surface area contributed by atoms with Crippen LogP contribution in [0.15, 0.2) is 48.8 Å². The van der Waals surface area contributed by atoms with E-state index < -0.39 is 0 Å². The van der Waals surface area contributed by atoms with Gasteiger partial charge in [0.2, 0.25) is 0 Å². The molecule has 5 heterocycles. The zero-order valence-electron chi connectivity index (χ0n) is 16.4. The molecule has 0 unspecified atom stereocenters. The van der Waals surface area contributed by atoms with Gasteiger partial charge in [-0.05, 0) is 37.3 Å². The highest BCUT2D eigenvalue weighted by atomic mass is 16.5. The number of nitrogens with zero attached hydrogens (tertiary/aromatic N) is 4. The van der Waals surface area contributed by atoms with Crippen molar-refractivity contribution in [1.82, 2.24) is 30.5 Å². The Morgan fingerprint density at radius 3 is 2.80 bits per heavy atom. The lowest BCUT2D eigenvalue weighted by Gasteiger charge is -2.26. The van der Waals surface area contributed by atoms with Gasteiger partial charge in [-0.1, -0.05) is 6.07 Å². The van der Waals surface area contributed by atoms with E-state index in [0.29, 0.717) is 29.1 Å². The van der Waals surface area contributed by atoms with E-state index >= 15 is 0 Å². The SMILES string of the molecule is Cc1cccc(-c2[nH]ncc2-c2ccc3ncc(C(=O)OCC4CNC4)cc3n2)n1. The smallest absolute Gasteiger partial charge is 0.339 e. The summed E-state index contributed by atoms with van der Waals surface area (Å²) in [6.07, 6.45) is 3.26. The predicted octanol–water partition coefficient (Wildman–Crippen LogP) is 2.77. The van der Waals surface area contributed by atoms with Crippen molar-refractivity contribution in [2.75, 3.05) is 19.7 Å². The fraction of sp³-hybridized carbons (Fsp3) is 0.227. The highest BCUT2D eigenvalue weighted by Gasteiger charge is 2.20. The van der Waals surface area contributed by atoms with Gasteiger partial charge in [-0.15, -0.1) is 0 Å². The van der Waals surface area contributed by atoms with Gasteiger partial charge in [0, 0.05) is 36.5 Å². The number of fused-ring (bicyclic) bond motifs is 1. The number of rotatable bonds is 5. The third kappa shape index (κ3) is 3.53. The van der Waals surface area contributed by atoms with Crippen molar-refractivity contribution in [2.45, 2.75) is 6.92 Å². The number of aromatic amines is 1. The minimum absolute atomic E-state index is 0.378. The molecule has 0 atom stereocenters. The minimum atomic E-state index is -0.378. The third-order valence-corrected chi connectivity index (χ3v) is 5.15. The molecular formula is C22H20N6O2. The topological polar surface area (TPSA) is 106 Å². The van der Waals surface area contributed by atoms with Crippen LogP contribution in [0.3, 0.4) is 0 Å². The molecule has 0 aromatic carbocycles. The number of aryl methyl sites for hydroxylation is 1. The Kier molecular flexibility index (Phi) is 4.68. The summed E-state index contributed by atoms with van der Waals surface area (Å²) < 4.78 is 5.40. The van der Waals surface area contributed by atoms with E-state index in [1.165, 1.54) is 6.20 Å². The molecule has 0 saturated carbocycles. The largest absolute Gasteiger partial charge is 0.462 e. The molecule has 0 radical (unpaired) electrons. The molecule has 1 fully saturated rings. The van der Waals surface area contributed by atoms with Crippen LogP contribution in [-0.4, -0.2) is 50.8 Å². The van der Waals surface area contributed by atoms with Crippen LogP contribution in [0.4, 0.5) is 0 Å². The Morgan fingerprint density at radius 1 is 1.10 bits per heavy atom. The zero-order chi connectivity index (χ0) is 20.5. The minimum Gasteiger partial charge on any atom is -0.462 e. The number of hydrogen-bond donors (Lipinski definition) is 2. The Morgan fingerprint density at radius 2 is 2.00 bits per heavy atom. The summed E-state index contributed by atoms with van der Waals surface area (Å²) in [5.41, 5.74) is 5.79. The van der Waals surface area contributed by atoms with Crippen LogP contribution >= 0.6 is 0 Å². The Bertz CT molecular complexity index is 1230. The van der Waals surface area contributed by atoms with E-state index in [1.807, 2.05) is 37.3 Å². The van der Waals surface area contributed by atoms with Gasteiger partial charge in [-0.2, -0.15) is 5.10 Å². The molecule has 1 aliphatic rings. The lowest BCUT2D eigenvalue weighted by atomic mass is 10.1. The van der Waals surface area contributed by atoms with Crippen molar-refractivity contribution in [1.29, 1.82) is 0 Å². The van der Waals surface area contributed by atoms with Crippen LogP contribution in [0.2, 0.25) is 0 Å². The Labute approximate surface area is 172 Å². The van der Waals surface area contributed by atoms with E-state index in [2.05, 4.69) is 25.5 Å². The maximum atomic E-state index is 12.4. The molecule has 4 aromatic heterocycles. The molecule has 4 aromatic rings. The van der Waals surface area contributed by atoms with Crippen LogP contribution < -0.4 is 5.32 Å². The first-order chi connectivity index (χ1) is 14.7. The number of nitrogens with one attached hydrogen (secondary N) is 2. The normalized spacial score (nSPS) is 13.9. The molecule has 1 aliphatic heterocycles. The number of carbonyl (C=O) groups excluding carboxylic acids is 1. The third-order valence-electron chi connectivity index (χ3n) is 5.15. The molecule has 0 aliphatic carbocycles. The van der Waals surface area contributed by atoms with Crippen LogP contribution in [0.1, 0.15) is 16.1 Å². The molecule has 150 valence electrons. The van der Waals surface area contributed by atoms with Gasteiger partial charge in [0.1, 0.15) is 0 Å². The fourth-order valence-corrected chi connectivity index (χ4v) is 3.37. The van der Waals surface area contributed by atoms with Crippen LogP contribution in [0.25, 0.3) is 33.7 Å². The number of ether oxygens (including phenoxy) is 1. The highest BCUT2D eigenvalue weighted by molar-refractivity contribution is 5.93. The van der Waals surface area contributed by atoms with Crippen LogP contribution in [0.5, 0.6) is 0 Å². The summed E-state index contributed by atoms with van der Waals surface area (Å²) in [4.78, 5) is 26.0. The summed E-state index contributed by atoms with van der Waals surface area (Å²) in [6, 6.07) is 11.3. The molecule has 0 amide bonds. The van der Waals surface area contributed by atoms with Crippen molar-refractivity contribution in [2.24, 2.45) is 5.92 Å². The first-order valence-corrected chi connectivity index (χ1v) is 9.80. The quantitative estimate of drug-likeness (QED) is 0.496. The molecule has 0 spiro atoms. The molecule has 0 bridgehead atoms. The lowest BCUT2D eigenvalue weighted by molar-refractivity contribution is 0.0397. The molecule has 5 rings (SSSR count).